The van der Waals surface area contributed by atoms with E-state index in [0.717, 1.165) is 37.1 Å². The van der Waals surface area contributed by atoms with E-state index in [2.05, 4.69) is 26.0 Å². The van der Waals surface area contributed by atoms with Crippen LogP contribution in [-0.4, -0.2) is 48.2 Å². The van der Waals surface area contributed by atoms with Crippen molar-refractivity contribution < 1.29 is 9.59 Å². The molecule has 0 radical (unpaired) electrons. The van der Waals surface area contributed by atoms with E-state index in [1.165, 1.54) is 89.3 Å². The molecule has 0 aromatic heterocycles. The lowest BCUT2D eigenvalue weighted by Crippen LogP contribution is -2.52. The van der Waals surface area contributed by atoms with Crippen LogP contribution in [0.1, 0.15) is 104 Å². The predicted octanol–water partition coefficient (Wildman–Crippen LogP) is 6.27. The summed E-state index contributed by atoms with van der Waals surface area (Å²) in [5.41, 5.74) is 0. The van der Waals surface area contributed by atoms with Gasteiger partial charge in [-0.3, -0.25) is 4.48 Å². The number of likely N-dealkylation sites (N-methyl/N-ethyl adjacent to an activating group) is 1. The zero-order valence-corrected chi connectivity index (χ0v) is 18.4. The second-order valence-electron chi connectivity index (χ2n) is 8.24. The fourth-order valence-electron chi connectivity index (χ4n) is 4.32. The zero-order chi connectivity index (χ0) is 19.6. The van der Waals surface area contributed by atoms with Gasteiger partial charge in [0.05, 0.1) is 19.7 Å². The van der Waals surface area contributed by atoms with E-state index in [0.29, 0.717) is 0 Å². The smallest absolute Gasteiger partial charge is 0.198 e. The van der Waals surface area contributed by atoms with Crippen LogP contribution in [0.15, 0.2) is 17.1 Å². The third-order valence-electron chi connectivity index (χ3n) is 6.18. The number of aliphatic imine (C=N–C) groups is 1. The normalized spacial score (nSPS) is 19.9. The van der Waals surface area contributed by atoms with Crippen molar-refractivity contribution in [1.29, 1.82) is 0 Å². The molecule has 3 heteroatoms. The van der Waals surface area contributed by atoms with Crippen LogP contribution in [-0.2, 0) is 0 Å². The van der Waals surface area contributed by atoms with Crippen LogP contribution in [0.2, 0.25) is 0 Å². The summed E-state index contributed by atoms with van der Waals surface area (Å²) in [6.45, 7) is 8.71. The molecule has 1 atom stereocenters. The monoisotopic (exact) mass is 379 g/mol. The van der Waals surface area contributed by atoms with Crippen LogP contribution in [0, 0.1) is 0 Å². The molecule has 0 spiro atoms. The molecule has 0 amide bonds. The predicted molar refractivity (Wildman–Crippen MR) is 119 cm³/mol. The Hall–Kier alpha value is -0.670. The number of aliphatic hydroxyl groups is 1. The first kappa shape index (κ1) is 24.4. The number of nitrogens with zero attached hydrogens (tertiary/aromatic N) is 2. The quantitative estimate of drug-likeness (QED) is 0.170. The average molecular weight is 380 g/mol. The number of allylic oxidation sites excluding steroid dienone is 2. The van der Waals surface area contributed by atoms with Crippen LogP contribution in [0.4, 0.5) is 0 Å². The first-order valence-corrected chi connectivity index (χ1v) is 11.9. The Labute approximate surface area is 169 Å². The molecule has 0 aromatic carbocycles. The van der Waals surface area contributed by atoms with E-state index in [-0.39, 0.29) is 6.61 Å². The third kappa shape index (κ3) is 10.4. The molecule has 0 fully saturated rings. The summed E-state index contributed by atoms with van der Waals surface area (Å²) in [4.78, 5) is 4.76. The lowest BCUT2D eigenvalue weighted by molar-refractivity contribution is -0.835. The molecule has 27 heavy (non-hydrogen) atoms. The number of aliphatic hydroxyl groups excluding tert-OH is 1. The van der Waals surface area contributed by atoms with Crippen LogP contribution in [0.3, 0.4) is 0 Å². The Morgan fingerprint density at radius 2 is 1.44 bits per heavy atom. The van der Waals surface area contributed by atoms with Crippen molar-refractivity contribution in [1.82, 2.24) is 0 Å². The van der Waals surface area contributed by atoms with E-state index in [4.69, 9.17) is 4.99 Å². The summed E-state index contributed by atoms with van der Waals surface area (Å²) < 4.78 is 0.950. The largest absolute Gasteiger partial charge is 0.390 e. The summed E-state index contributed by atoms with van der Waals surface area (Å²) in [5, 5.41) is 9.37. The van der Waals surface area contributed by atoms with Gasteiger partial charge in [0, 0.05) is 6.42 Å². The van der Waals surface area contributed by atoms with Gasteiger partial charge < -0.3 is 5.11 Å². The Balaban J connectivity index is 1.90. The molecule has 1 aliphatic rings. The highest BCUT2D eigenvalue weighted by atomic mass is 16.3. The van der Waals surface area contributed by atoms with Crippen molar-refractivity contribution in [2.45, 2.75) is 104 Å². The van der Waals surface area contributed by atoms with Crippen molar-refractivity contribution in [3.8, 4) is 0 Å². The number of hydrogen-bond acceptors (Lipinski definition) is 2. The molecule has 1 aliphatic heterocycles. The molecule has 158 valence electrons. The van der Waals surface area contributed by atoms with Gasteiger partial charge in [-0.25, -0.2) is 4.99 Å². The Bertz CT molecular complexity index is 405. The number of hydrogen-bond donors (Lipinski definition) is 1. The van der Waals surface area contributed by atoms with Gasteiger partial charge in [-0.15, -0.1) is 0 Å². The van der Waals surface area contributed by atoms with Crippen LogP contribution >= 0.6 is 0 Å². The van der Waals surface area contributed by atoms with Gasteiger partial charge in [-0.2, -0.15) is 0 Å². The van der Waals surface area contributed by atoms with Gasteiger partial charge in [0.15, 0.2) is 5.84 Å². The number of unbranched alkanes of at least 4 members (excludes halogenated alkanes) is 11. The second-order valence-corrected chi connectivity index (χ2v) is 8.24. The molecule has 0 aliphatic carbocycles. The van der Waals surface area contributed by atoms with E-state index in [9.17, 15) is 5.11 Å². The highest BCUT2D eigenvalue weighted by Crippen LogP contribution is 2.20. The van der Waals surface area contributed by atoms with Gasteiger partial charge in [-0.05, 0) is 32.6 Å². The van der Waals surface area contributed by atoms with Crippen molar-refractivity contribution in [2.24, 2.45) is 4.99 Å². The third-order valence-corrected chi connectivity index (χ3v) is 6.18. The van der Waals surface area contributed by atoms with E-state index in [1.54, 1.807) is 0 Å². The van der Waals surface area contributed by atoms with Gasteiger partial charge >= 0.3 is 0 Å². The molecule has 3 nitrogen and oxygen atoms in total. The van der Waals surface area contributed by atoms with E-state index < -0.39 is 0 Å². The van der Waals surface area contributed by atoms with Gasteiger partial charge in [0.1, 0.15) is 13.1 Å². The molecule has 0 aromatic rings. The lowest BCUT2D eigenvalue weighted by Gasteiger charge is -2.33. The Morgan fingerprint density at radius 1 is 0.852 bits per heavy atom. The molecule has 0 bridgehead atoms. The Kier molecular flexibility index (Phi) is 14.7. The topological polar surface area (TPSA) is 32.6 Å². The van der Waals surface area contributed by atoms with Crippen LogP contribution in [0.5, 0.6) is 0 Å². The fraction of sp³-hybridized carbons (Fsp3) is 0.875. The summed E-state index contributed by atoms with van der Waals surface area (Å²) >= 11 is 0. The fourth-order valence-corrected chi connectivity index (χ4v) is 4.32. The zero-order valence-electron chi connectivity index (χ0n) is 18.4. The maximum absolute atomic E-state index is 9.37. The number of quaternary nitrogens is 1. The number of rotatable bonds is 18. The first-order chi connectivity index (χ1) is 13.3. The van der Waals surface area contributed by atoms with Gasteiger partial charge in [-0.1, -0.05) is 76.9 Å². The molecule has 1 rings (SSSR count). The molecular formula is C24H47N2O+. The summed E-state index contributed by atoms with van der Waals surface area (Å²) in [6, 6.07) is 0. The molecule has 1 unspecified atom stereocenters. The summed E-state index contributed by atoms with van der Waals surface area (Å²) in [6.07, 6.45) is 23.5. The molecule has 1 heterocycles. The van der Waals surface area contributed by atoms with Crippen LogP contribution < -0.4 is 0 Å². The second kappa shape index (κ2) is 16.3. The van der Waals surface area contributed by atoms with Gasteiger partial charge in [0.25, 0.3) is 0 Å². The van der Waals surface area contributed by atoms with E-state index in [1.807, 2.05) is 0 Å². The van der Waals surface area contributed by atoms with Crippen molar-refractivity contribution in [2.75, 3.05) is 32.8 Å². The standard InChI is InChI=1S/C24H47N2O/c1-3-5-6-7-8-9-10-11-12-13-14-15-16-17-18-19-24-25-20-21-26(24,4-2)22-23-27/h5-6,27H,3-4,7-23H2,1-2H3/q+1/b6-5+. The average Bonchev–Trinajstić information content (AvgIpc) is 3.08. The van der Waals surface area contributed by atoms with Crippen molar-refractivity contribution >= 4 is 5.84 Å². The minimum atomic E-state index is 0.281. The highest BCUT2D eigenvalue weighted by molar-refractivity contribution is 5.76. The highest BCUT2D eigenvalue weighted by Gasteiger charge is 2.35. The first-order valence-electron chi connectivity index (χ1n) is 11.9. The maximum atomic E-state index is 9.37. The molecule has 0 saturated carbocycles. The summed E-state index contributed by atoms with van der Waals surface area (Å²) in [7, 11) is 0. The van der Waals surface area contributed by atoms with Gasteiger partial charge in [0.2, 0.25) is 0 Å². The molecule has 1 N–H and O–H groups in total. The van der Waals surface area contributed by atoms with Crippen molar-refractivity contribution in [3.05, 3.63) is 12.2 Å². The minimum Gasteiger partial charge on any atom is -0.390 e. The van der Waals surface area contributed by atoms with Crippen LogP contribution in [0.25, 0.3) is 0 Å². The van der Waals surface area contributed by atoms with E-state index >= 15 is 0 Å². The molecular weight excluding hydrogens is 332 g/mol. The summed E-state index contributed by atoms with van der Waals surface area (Å²) in [5.74, 6) is 1.36. The Morgan fingerprint density at radius 3 is 2.00 bits per heavy atom. The maximum Gasteiger partial charge on any atom is 0.198 e. The minimum absolute atomic E-state index is 0.281. The SMILES string of the molecule is CC/C=C/CCCCCCCCCCCCCC1=NCC[N+]1(CC)CCO. The lowest BCUT2D eigenvalue weighted by atomic mass is 10.0. The number of amidine groups is 1. The molecule has 0 saturated heterocycles. The van der Waals surface area contributed by atoms with Crippen molar-refractivity contribution in [3.63, 3.8) is 0 Å².